The molecule has 0 atom stereocenters. The predicted octanol–water partition coefficient (Wildman–Crippen LogP) is -0.142. The Bertz CT molecular complexity index is 183. The summed E-state index contributed by atoms with van der Waals surface area (Å²) >= 11 is 0. The largest absolute Gasteiger partial charge is 0.395 e. The molecule has 0 aromatic heterocycles. The van der Waals surface area contributed by atoms with Crippen LogP contribution >= 0.6 is 0 Å². The van der Waals surface area contributed by atoms with Gasteiger partial charge in [-0.3, -0.25) is 4.79 Å². The number of aliphatic hydroxyl groups is 1. The summed E-state index contributed by atoms with van der Waals surface area (Å²) in [7, 11) is 0. The Balaban J connectivity index is 4.03. The summed E-state index contributed by atoms with van der Waals surface area (Å²) in [5, 5.41) is 11.6. The maximum Gasteiger partial charge on any atom is 0.228 e. The Hall–Kier alpha value is -0.610. The highest BCUT2D eigenvalue weighted by Gasteiger charge is 2.27. The molecule has 0 spiro atoms. The molecular formula is C9H20N2O2. The lowest BCUT2D eigenvalue weighted by Crippen LogP contribution is -2.49. The maximum absolute atomic E-state index is 11.4. The third-order valence-electron chi connectivity index (χ3n) is 1.71. The predicted molar refractivity (Wildman–Crippen MR) is 52.1 cm³/mol. The number of carbonyl (C=O) groups is 1. The minimum Gasteiger partial charge on any atom is -0.395 e. The molecule has 0 unspecified atom stereocenters. The number of nitrogens with two attached hydrogens (primary N) is 1. The molecule has 1 amide bonds. The van der Waals surface area contributed by atoms with Crippen LogP contribution in [-0.2, 0) is 4.79 Å². The maximum atomic E-state index is 11.4. The van der Waals surface area contributed by atoms with E-state index >= 15 is 0 Å². The lowest BCUT2D eigenvalue weighted by atomic mass is 9.93. The van der Waals surface area contributed by atoms with Crippen LogP contribution in [0.1, 0.15) is 27.7 Å². The van der Waals surface area contributed by atoms with Crippen molar-refractivity contribution in [2.45, 2.75) is 33.2 Å². The van der Waals surface area contributed by atoms with Crippen molar-refractivity contribution in [2.24, 2.45) is 11.1 Å². The van der Waals surface area contributed by atoms with E-state index in [1.54, 1.807) is 13.8 Å². The molecule has 78 valence electrons. The van der Waals surface area contributed by atoms with Gasteiger partial charge in [-0.25, -0.2) is 0 Å². The van der Waals surface area contributed by atoms with Gasteiger partial charge in [-0.15, -0.1) is 0 Å². The fourth-order valence-corrected chi connectivity index (χ4v) is 0.619. The van der Waals surface area contributed by atoms with Gasteiger partial charge in [-0.2, -0.15) is 0 Å². The number of hydrogen-bond acceptors (Lipinski definition) is 3. The highest BCUT2D eigenvalue weighted by molar-refractivity contribution is 5.81. The molecule has 0 fully saturated rings. The second kappa shape index (κ2) is 4.07. The van der Waals surface area contributed by atoms with Crippen molar-refractivity contribution in [1.29, 1.82) is 0 Å². The quantitative estimate of drug-likeness (QED) is 0.574. The number of aliphatic hydroxyl groups excluding tert-OH is 1. The molecule has 0 rings (SSSR count). The number of nitrogens with one attached hydrogen (secondary N) is 1. The molecule has 0 saturated heterocycles. The Morgan fingerprint density at radius 1 is 1.38 bits per heavy atom. The van der Waals surface area contributed by atoms with Crippen LogP contribution in [0.3, 0.4) is 0 Å². The van der Waals surface area contributed by atoms with Gasteiger partial charge in [0.25, 0.3) is 0 Å². The van der Waals surface area contributed by atoms with Crippen LogP contribution in [0.25, 0.3) is 0 Å². The number of carbonyl (C=O) groups excluding carboxylic acids is 1. The summed E-state index contributed by atoms with van der Waals surface area (Å²) in [6.45, 7) is 7.29. The molecule has 13 heavy (non-hydrogen) atoms. The summed E-state index contributed by atoms with van der Waals surface area (Å²) in [5.41, 5.74) is 4.54. The first-order valence-corrected chi connectivity index (χ1v) is 4.37. The van der Waals surface area contributed by atoms with E-state index in [0.29, 0.717) is 6.54 Å². The molecular weight excluding hydrogens is 168 g/mol. The molecule has 0 aliphatic heterocycles. The van der Waals surface area contributed by atoms with Crippen LogP contribution in [0.2, 0.25) is 0 Å². The molecule has 4 heteroatoms. The minimum absolute atomic E-state index is 0.163. The zero-order chi connectivity index (χ0) is 10.7. The topological polar surface area (TPSA) is 75.3 Å². The van der Waals surface area contributed by atoms with E-state index in [0.717, 1.165) is 0 Å². The second-order valence-electron chi connectivity index (χ2n) is 4.71. The molecule has 0 heterocycles. The molecule has 0 saturated carbocycles. The Labute approximate surface area is 79.5 Å². The van der Waals surface area contributed by atoms with Gasteiger partial charge in [0.1, 0.15) is 0 Å². The zero-order valence-electron chi connectivity index (χ0n) is 8.85. The van der Waals surface area contributed by atoms with E-state index in [2.05, 4.69) is 5.32 Å². The van der Waals surface area contributed by atoms with Crippen molar-refractivity contribution >= 4 is 5.91 Å². The van der Waals surface area contributed by atoms with Gasteiger partial charge in [-0.05, 0) is 27.7 Å². The van der Waals surface area contributed by atoms with Crippen LogP contribution in [0.5, 0.6) is 0 Å². The van der Waals surface area contributed by atoms with Crippen LogP contribution in [-0.4, -0.2) is 29.7 Å². The first-order chi connectivity index (χ1) is 5.69. The van der Waals surface area contributed by atoms with Crippen LogP contribution in [0.15, 0.2) is 0 Å². The van der Waals surface area contributed by atoms with E-state index in [1.807, 2.05) is 13.8 Å². The molecule has 0 bridgehead atoms. The fraction of sp³-hybridized carbons (Fsp3) is 0.889. The highest BCUT2D eigenvalue weighted by Crippen LogP contribution is 2.13. The summed E-state index contributed by atoms with van der Waals surface area (Å²) in [4.78, 5) is 11.4. The van der Waals surface area contributed by atoms with Gasteiger partial charge in [-0.1, -0.05) is 0 Å². The van der Waals surface area contributed by atoms with Crippen LogP contribution in [0.4, 0.5) is 0 Å². The van der Waals surface area contributed by atoms with Crippen molar-refractivity contribution in [2.75, 3.05) is 13.2 Å². The average molecular weight is 188 g/mol. The third-order valence-corrected chi connectivity index (χ3v) is 1.71. The van der Waals surface area contributed by atoms with E-state index < -0.39 is 11.0 Å². The molecule has 4 nitrogen and oxygen atoms in total. The van der Waals surface area contributed by atoms with Crippen LogP contribution < -0.4 is 11.1 Å². The first-order valence-electron chi connectivity index (χ1n) is 4.37. The van der Waals surface area contributed by atoms with E-state index in [9.17, 15) is 4.79 Å². The summed E-state index contributed by atoms with van der Waals surface area (Å²) in [6.07, 6.45) is 0. The number of amides is 1. The summed E-state index contributed by atoms with van der Waals surface area (Å²) in [6, 6.07) is 0. The van der Waals surface area contributed by atoms with Gasteiger partial charge in [0.2, 0.25) is 5.91 Å². The van der Waals surface area contributed by atoms with E-state index in [4.69, 9.17) is 10.8 Å². The Kier molecular flexibility index (Phi) is 3.88. The van der Waals surface area contributed by atoms with Crippen molar-refractivity contribution < 1.29 is 9.90 Å². The SMILES string of the molecule is CC(C)(N)CNC(=O)C(C)(C)CO. The fourth-order valence-electron chi connectivity index (χ4n) is 0.619. The molecule has 0 aliphatic rings. The molecule has 0 aromatic carbocycles. The van der Waals surface area contributed by atoms with Gasteiger partial charge >= 0.3 is 0 Å². The van der Waals surface area contributed by atoms with Gasteiger partial charge < -0.3 is 16.2 Å². The van der Waals surface area contributed by atoms with Crippen LogP contribution in [0, 0.1) is 5.41 Å². The molecule has 0 aromatic rings. The Morgan fingerprint density at radius 2 is 1.85 bits per heavy atom. The molecule has 4 N–H and O–H groups in total. The van der Waals surface area contributed by atoms with Gasteiger partial charge in [0.05, 0.1) is 12.0 Å². The van der Waals surface area contributed by atoms with Crippen molar-refractivity contribution in [3.05, 3.63) is 0 Å². The lowest BCUT2D eigenvalue weighted by molar-refractivity contribution is -0.131. The number of hydrogen-bond donors (Lipinski definition) is 3. The Morgan fingerprint density at radius 3 is 2.15 bits per heavy atom. The normalized spacial score (nSPS) is 12.8. The second-order valence-corrected chi connectivity index (χ2v) is 4.71. The van der Waals surface area contributed by atoms with Crippen molar-refractivity contribution in [3.63, 3.8) is 0 Å². The summed E-state index contributed by atoms with van der Waals surface area (Å²) < 4.78 is 0. The first kappa shape index (κ1) is 12.4. The molecule has 0 aliphatic carbocycles. The van der Waals surface area contributed by atoms with Gasteiger partial charge in [0, 0.05) is 12.1 Å². The standard InChI is InChI=1S/C9H20N2O2/c1-8(2,6-12)7(13)11-5-9(3,4)10/h12H,5-6,10H2,1-4H3,(H,11,13). The summed E-state index contributed by atoms with van der Waals surface area (Å²) in [5.74, 6) is -0.173. The average Bonchev–Trinajstić information content (AvgIpc) is 1.98. The molecule has 0 radical (unpaired) electrons. The monoisotopic (exact) mass is 188 g/mol. The van der Waals surface area contributed by atoms with Gasteiger partial charge in [0.15, 0.2) is 0 Å². The highest BCUT2D eigenvalue weighted by atomic mass is 16.3. The third kappa shape index (κ3) is 4.85. The number of rotatable bonds is 4. The smallest absolute Gasteiger partial charge is 0.228 e. The minimum atomic E-state index is -0.731. The van der Waals surface area contributed by atoms with Crippen molar-refractivity contribution in [3.8, 4) is 0 Å². The zero-order valence-corrected chi connectivity index (χ0v) is 8.85. The van der Waals surface area contributed by atoms with E-state index in [-0.39, 0.29) is 12.5 Å². The van der Waals surface area contributed by atoms with E-state index in [1.165, 1.54) is 0 Å². The lowest BCUT2D eigenvalue weighted by Gasteiger charge is -2.24. The van der Waals surface area contributed by atoms with Crippen molar-refractivity contribution in [1.82, 2.24) is 5.32 Å².